The first-order valence-corrected chi connectivity index (χ1v) is 4.50. The van der Waals surface area contributed by atoms with E-state index in [1.54, 1.807) is 0 Å². The van der Waals surface area contributed by atoms with Crippen molar-refractivity contribution < 1.29 is 4.79 Å². The summed E-state index contributed by atoms with van der Waals surface area (Å²) in [5, 5.41) is 8.69. The molecule has 0 heterocycles. The second-order valence-electron chi connectivity index (χ2n) is 3.57. The molecule has 4 heteroatoms. The second-order valence-corrected chi connectivity index (χ2v) is 3.57. The molecule has 0 aromatic rings. The van der Waals surface area contributed by atoms with Crippen LogP contribution in [0.3, 0.4) is 0 Å². The van der Waals surface area contributed by atoms with Crippen LogP contribution in [0.25, 0.3) is 0 Å². The lowest BCUT2D eigenvalue weighted by molar-refractivity contribution is -0.108. The van der Waals surface area contributed by atoms with Gasteiger partial charge in [0.05, 0.1) is 0 Å². The molecule has 0 fully saturated rings. The van der Waals surface area contributed by atoms with Crippen LogP contribution < -0.4 is 5.32 Å². The highest BCUT2D eigenvalue weighted by Gasteiger charge is 2.06. The van der Waals surface area contributed by atoms with Gasteiger partial charge in [-0.15, -0.1) is 0 Å². The number of carbonyl (C=O) groups is 1. The quantitative estimate of drug-likeness (QED) is 0.308. The van der Waals surface area contributed by atoms with Crippen molar-refractivity contribution in [2.75, 3.05) is 7.05 Å². The molecule has 13 heavy (non-hydrogen) atoms. The molecule has 76 valence electrons. The summed E-state index contributed by atoms with van der Waals surface area (Å²) in [4.78, 5) is 10.3. The fourth-order valence-corrected chi connectivity index (χ4v) is 0.657. The summed E-state index contributed by atoms with van der Waals surface area (Å²) in [5.41, 5.74) is 0. The summed E-state index contributed by atoms with van der Waals surface area (Å²) in [6.07, 6.45) is 0.660. The number of hydrazone groups is 1. The predicted octanol–water partition coefficient (Wildman–Crippen LogP) is 1.04. The van der Waals surface area contributed by atoms with Crippen molar-refractivity contribution in [3.63, 3.8) is 0 Å². The van der Waals surface area contributed by atoms with Gasteiger partial charge in [0.2, 0.25) is 6.41 Å². The maximum absolute atomic E-state index is 10.3. The van der Waals surface area contributed by atoms with Gasteiger partial charge in [-0.05, 0) is 13.8 Å². The van der Waals surface area contributed by atoms with Crippen molar-refractivity contribution in [2.24, 2.45) is 11.0 Å². The van der Waals surface area contributed by atoms with Crippen molar-refractivity contribution in [1.82, 2.24) is 10.3 Å². The van der Waals surface area contributed by atoms with Gasteiger partial charge in [0, 0.05) is 19.0 Å². The largest absolute Gasteiger partial charge is 0.315 e. The van der Waals surface area contributed by atoms with Gasteiger partial charge >= 0.3 is 0 Å². The molecule has 0 aromatic heterocycles. The summed E-state index contributed by atoms with van der Waals surface area (Å²) < 4.78 is 0. The molecule has 0 bridgehead atoms. The van der Waals surface area contributed by atoms with Crippen LogP contribution in [-0.2, 0) is 4.79 Å². The Morgan fingerprint density at radius 3 is 2.23 bits per heavy atom. The molecule has 0 aliphatic heterocycles. The first-order chi connectivity index (χ1) is 5.99. The van der Waals surface area contributed by atoms with E-state index >= 15 is 0 Å². The van der Waals surface area contributed by atoms with Crippen LogP contribution in [0.4, 0.5) is 0 Å². The maximum Gasteiger partial charge on any atom is 0.212 e. The summed E-state index contributed by atoms with van der Waals surface area (Å²) in [6, 6.07) is 0.335. The van der Waals surface area contributed by atoms with E-state index in [4.69, 9.17) is 0 Å². The molecule has 0 rings (SSSR count). The first kappa shape index (κ1) is 11.9. The monoisotopic (exact) mass is 185 g/mol. The molecule has 1 amide bonds. The zero-order valence-electron chi connectivity index (χ0n) is 9.03. The third-order valence-corrected chi connectivity index (χ3v) is 1.77. The molecule has 0 radical (unpaired) electrons. The Kier molecular flexibility index (Phi) is 5.11. The Morgan fingerprint density at radius 2 is 1.92 bits per heavy atom. The molecule has 0 aromatic carbocycles. The average molecular weight is 185 g/mol. The van der Waals surface area contributed by atoms with Gasteiger partial charge in [-0.25, -0.2) is 0 Å². The number of rotatable bonds is 4. The molecular formula is C9H19N3O. The lowest BCUT2D eigenvalue weighted by Gasteiger charge is -2.20. The molecule has 0 atom stereocenters. The van der Waals surface area contributed by atoms with Gasteiger partial charge in [0.25, 0.3) is 0 Å². The lowest BCUT2D eigenvalue weighted by Crippen LogP contribution is -2.32. The van der Waals surface area contributed by atoms with E-state index < -0.39 is 0 Å². The maximum atomic E-state index is 10.3. The van der Waals surface area contributed by atoms with E-state index in [0.717, 1.165) is 0 Å². The molecule has 0 saturated carbocycles. The lowest BCUT2D eigenvalue weighted by atomic mass is 10.2. The highest BCUT2D eigenvalue weighted by atomic mass is 16.1. The third-order valence-electron chi connectivity index (χ3n) is 1.77. The van der Waals surface area contributed by atoms with E-state index in [0.29, 0.717) is 18.3 Å². The van der Waals surface area contributed by atoms with Crippen LogP contribution in [-0.4, -0.2) is 30.3 Å². The summed E-state index contributed by atoms with van der Waals surface area (Å²) in [6.45, 7) is 8.07. The van der Waals surface area contributed by atoms with E-state index in [1.807, 2.05) is 39.8 Å². The second kappa shape index (κ2) is 5.56. The molecule has 0 unspecified atom stereocenters. The Bertz CT molecular complexity index is 187. The topological polar surface area (TPSA) is 44.7 Å². The van der Waals surface area contributed by atoms with Crippen LogP contribution in [0.2, 0.25) is 0 Å². The summed E-state index contributed by atoms with van der Waals surface area (Å²) in [5.74, 6) is 0.928. The number of carbonyl (C=O) groups excluding carboxylic acids is 1. The van der Waals surface area contributed by atoms with E-state index in [2.05, 4.69) is 10.4 Å². The van der Waals surface area contributed by atoms with E-state index in [1.165, 1.54) is 0 Å². The van der Waals surface area contributed by atoms with E-state index in [-0.39, 0.29) is 5.92 Å². The zero-order valence-corrected chi connectivity index (χ0v) is 9.03. The average Bonchev–Trinajstić information content (AvgIpc) is 2.03. The van der Waals surface area contributed by atoms with Gasteiger partial charge in [0.15, 0.2) is 0 Å². The molecule has 1 N–H and O–H groups in total. The fourth-order valence-electron chi connectivity index (χ4n) is 0.657. The van der Waals surface area contributed by atoms with Crippen molar-refractivity contribution in [3.05, 3.63) is 0 Å². The molecule has 0 aliphatic rings. The minimum Gasteiger partial charge on any atom is -0.315 e. The van der Waals surface area contributed by atoms with Crippen LogP contribution in [0.1, 0.15) is 27.7 Å². The number of amides is 1. The third kappa shape index (κ3) is 4.50. The van der Waals surface area contributed by atoms with Gasteiger partial charge < -0.3 is 5.32 Å². The van der Waals surface area contributed by atoms with Crippen LogP contribution in [0.5, 0.6) is 0 Å². The standard InChI is InChI=1S/C9H19N3O/c1-7(2)9(10-6-13)11-12(5)8(3)4/h6-8H,1-5H3,(H,10,11,13). The molecule has 0 spiro atoms. The SMILES string of the molecule is CC(C)/C(=N/N(C)C(C)C)NC=O. The summed E-state index contributed by atoms with van der Waals surface area (Å²) >= 11 is 0. The zero-order chi connectivity index (χ0) is 10.4. The number of nitrogens with one attached hydrogen (secondary N) is 1. The Labute approximate surface area is 80.0 Å². The van der Waals surface area contributed by atoms with Gasteiger partial charge in [-0.3, -0.25) is 9.80 Å². The molecule has 0 saturated heterocycles. The predicted molar refractivity (Wildman–Crippen MR) is 54.4 cm³/mol. The number of hydrogen-bond donors (Lipinski definition) is 1. The minimum atomic E-state index is 0.228. The minimum absolute atomic E-state index is 0.228. The van der Waals surface area contributed by atoms with Crippen molar-refractivity contribution in [2.45, 2.75) is 33.7 Å². The van der Waals surface area contributed by atoms with E-state index in [9.17, 15) is 4.79 Å². The molecular weight excluding hydrogens is 166 g/mol. The Hall–Kier alpha value is -1.06. The smallest absolute Gasteiger partial charge is 0.212 e. The fraction of sp³-hybridized carbons (Fsp3) is 0.778. The van der Waals surface area contributed by atoms with Crippen molar-refractivity contribution in [1.29, 1.82) is 0 Å². The Morgan fingerprint density at radius 1 is 1.38 bits per heavy atom. The highest BCUT2D eigenvalue weighted by molar-refractivity contribution is 5.91. The highest BCUT2D eigenvalue weighted by Crippen LogP contribution is 1.99. The van der Waals surface area contributed by atoms with Gasteiger partial charge in [-0.2, -0.15) is 5.10 Å². The normalized spacial score (nSPS) is 12.1. The van der Waals surface area contributed by atoms with Crippen molar-refractivity contribution >= 4 is 12.2 Å². The first-order valence-electron chi connectivity index (χ1n) is 4.50. The number of hydrogen-bond acceptors (Lipinski definition) is 3. The van der Waals surface area contributed by atoms with Crippen molar-refractivity contribution in [3.8, 4) is 0 Å². The molecule has 0 aliphatic carbocycles. The van der Waals surface area contributed by atoms with Gasteiger partial charge in [-0.1, -0.05) is 13.8 Å². The Balaban J connectivity index is 4.42. The number of amidine groups is 1. The summed E-state index contributed by atoms with van der Waals surface area (Å²) in [7, 11) is 1.89. The van der Waals surface area contributed by atoms with Crippen LogP contribution in [0.15, 0.2) is 5.10 Å². The number of nitrogens with zero attached hydrogens (tertiary/aromatic N) is 2. The van der Waals surface area contributed by atoms with Crippen LogP contribution >= 0.6 is 0 Å². The molecule has 4 nitrogen and oxygen atoms in total. The van der Waals surface area contributed by atoms with Gasteiger partial charge in [0.1, 0.15) is 5.84 Å². The van der Waals surface area contributed by atoms with Crippen LogP contribution in [0, 0.1) is 5.92 Å².